The third kappa shape index (κ3) is 3.04. The molecule has 0 saturated carbocycles. The molecule has 5 heteroatoms. The van der Waals surface area contributed by atoms with Gasteiger partial charge < -0.3 is 0 Å². The lowest BCUT2D eigenvalue weighted by Crippen LogP contribution is -2.21. The molecule has 0 aromatic rings. The van der Waals surface area contributed by atoms with Gasteiger partial charge in [0.05, 0.1) is 0 Å². The molecule has 0 spiro atoms. The topological polar surface area (TPSA) is 34.1 Å². The molecule has 0 N–H and O–H groups in total. The Labute approximate surface area is 67.1 Å². The Hall–Kier alpha value is 0.210. The van der Waals surface area contributed by atoms with E-state index < -0.39 is 16.0 Å². The van der Waals surface area contributed by atoms with Crippen molar-refractivity contribution in [3.05, 3.63) is 0 Å². The van der Waals surface area contributed by atoms with Crippen LogP contribution in [0.2, 0.25) is 0 Å². The average molecular weight is 188 g/mol. The van der Waals surface area contributed by atoms with Crippen LogP contribution in [0.1, 0.15) is 0 Å². The molecule has 1 unspecified atom stereocenters. The zero-order valence-corrected chi connectivity index (χ0v) is 6.37. The fourth-order valence-electron chi connectivity index (χ4n) is 0.169. The number of hydrogen-bond acceptors (Lipinski definition) is 2. The summed E-state index contributed by atoms with van der Waals surface area (Å²) >= 11 is 15.2. The third-order valence-corrected chi connectivity index (χ3v) is 1.30. The number of alkyl halides is 3. The van der Waals surface area contributed by atoms with E-state index in [-0.39, 0.29) is 0 Å². The fraction of sp³-hybridized carbons (Fsp3) is 0.500. The fourth-order valence-corrected chi connectivity index (χ4v) is 0.676. The van der Waals surface area contributed by atoms with Gasteiger partial charge in [0.25, 0.3) is 0 Å². The minimum Gasteiger partial charge on any atom is -0.294 e. The van der Waals surface area contributed by atoms with Crippen molar-refractivity contribution in [3.8, 4) is 0 Å². The van der Waals surface area contributed by atoms with Crippen LogP contribution in [-0.2, 0) is 9.59 Å². The second-order valence-corrected chi connectivity index (χ2v) is 2.72. The van der Waals surface area contributed by atoms with Crippen molar-refractivity contribution in [1.29, 1.82) is 0 Å². The summed E-state index contributed by atoms with van der Waals surface area (Å²) in [5.41, 5.74) is 0. The van der Waals surface area contributed by atoms with Gasteiger partial charge in [0.1, 0.15) is 0 Å². The maximum Gasteiger partial charge on any atom is 0.225 e. The van der Waals surface area contributed by atoms with E-state index in [1.54, 1.807) is 0 Å². The molecule has 9 heavy (non-hydrogen) atoms. The van der Waals surface area contributed by atoms with Crippen LogP contribution in [0.25, 0.3) is 0 Å². The molecular weight excluding hydrogens is 186 g/mol. The van der Waals surface area contributed by atoms with Gasteiger partial charge in [0.15, 0.2) is 16.0 Å². The van der Waals surface area contributed by atoms with Gasteiger partial charge in [-0.15, -0.1) is 11.6 Å². The van der Waals surface area contributed by atoms with Crippen molar-refractivity contribution in [2.75, 3.05) is 0 Å². The normalized spacial score (nSPS) is 13.3. The molecule has 0 heterocycles. The van der Waals surface area contributed by atoms with Gasteiger partial charge in [-0.05, 0) is 0 Å². The molecule has 0 bridgehead atoms. The van der Waals surface area contributed by atoms with Crippen molar-refractivity contribution in [3.63, 3.8) is 0 Å². The van der Waals surface area contributed by atoms with Crippen molar-refractivity contribution in [2.45, 2.75) is 10.2 Å². The molecule has 0 aromatic carbocycles. The Morgan fingerprint density at radius 3 is 1.89 bits per heavy atom. The van der Waals surface area contributed by atoms with Gasteiger partial charge >= 0.3 is 0 Å². The molecule has 0 aliphatic carbocycles. The highest BCUT2D eigenvalue weighted by molar-refractivity contribution is 6.58. The van der Waals surface area contributed by atoms with Crippen LogP contribution >= 0.6 is 34.8 Å². The lowest BCUT2D eigenvalue weighted by atomic mass is 10.3. The highest BCUT2D eigenvalue weighted by Crippen LogP contribution is 2.08. The number of hydrogen-bond donors (Lipinski definition) is 0. The summed E-state index contributed by atoms with van der Waals surface area (Å²) in [5.74, 6) is -0.741. The largest absolute Gasteiger partial charge is 0.294 e. The van der Waals surface area contributed by atoms with E-state index in [9.17, 15) is 9.59 Å². The van der Waals surface area contributed by atoms with Gasteiger partial charge in [-0.2, -0.15) is 0 Å². The smallest absolute Gasteiger partial charge is 0.225 e. The first-order valence-corrected chi connectivity index (χ1v) is 3.24. The number of carbonyl (C=O) groups is 1. The first-order valence-electron chi connectivity index (χ1n) is 1.93. The monoisotopic (exact) mass is 187 g/mol. The highest BCUT2D eigenvalue weighted by atomic mass is 35.5. The van der Waals surface area contributed by atoms with Crippen LogP contribution < -0.4 is 0 Å². The molecule has 0 aliphatic heterocycles. The summed E-state index contributed by atoms with van der Waals surface area (Å²) in [6.45, 7) is 0. The van der Waals surface area contributed by atoms with Gasteiger partial charge in [-0.25, -0.2) is 0 Å². The second kappa shape index (κ2) is 4.09. The van der Waals surface area contributed by atoms with Gasteiger partial charge in [-0.1, -0.05) is 23.2 Å². The van der Waals surface area contributed by atoms with Gasteiger partial charge in [0, 0.05) is 0 Å². The quantitative estimate of drug-likeness (QED) is 0.490. The van der Waals surface area contributed by atoms with E-state index in [2.05, 4.69) is 0 Å². The molecule has 1 radical (unpaired) electrons. The molecule has 0 amide bonds. The van der Waals surface area contributed by atoms with Crippen molar-refractivity contribution in [2.24, 2.45) is 0 Å². The lowest BCUT2D eigenvalue weighted by molar-refractivity contribution is -0.116. The van der Waals surface area contributed by atoms with Crippen LogP contribution in [0, 0.1) is 0 Å². The summed E-state index contributed by atoms with van der Waals surface area (Å²) < 4.78 is 0. The van der Waals surface area contributed by atoms with Crippen LogP contribution in [-0.4, -0.2) is 22.3 Å². The van der Waals surface area contributed by atoms with E-state index in [1.807, 2.05) is 0 Å². The molecule has 1 atom stereocenters. The van der Waals surface area contributed by atoms with E-state index in [4.69, 9.17) is 34.8 Å². The molecular formula is C4H2Cl3O2. The lowest BCUT2D eigenvalue weighted by Gasteiger charge is -1.97. The summed E-state index contributed by atoms with van der Waals surface area (Å²) in [6.07, 6.45) is 1.24. The second-order valence-electron chi connectivity index (χ2n) is 1.18. The first kappa shape index (κ1) is 9.21. The van der Waals surface area contributed by atoms with E-state index in [1.165, 1.54) is 6.29 Å². The number of Topliss-reactive ketones (excluding diaryl/α,β-unsaturated/α-hetero) is 1. The summed E-state index contributed by atoms with van der Waals surface area (Å²) in [4.78, 5) is 18.8. The zero-order valence-electron chi connectivity index (χ0n) is 4.11. The highest BCUT2D eigenvalue weighted by Gasteiger charge is 2.21. The summed E-state index contributed by atoms with van der Waals surface area (Å²) in [7, 11) is 0. The molecule has 0 fully saturated rings. The molecule has 0 saturated heterocycles. The van der Waals surface area contributed by atoms with Crippen LogP contribution in [0.3, 0.4) is 0 Å². The summed E-state index contributed by atoms with van der Waals surface area (Å²) in [6, 6.07) is 0. The minimum absolute atomic E-state index is 0.741. The SMILES string of the molecule is O=[C]C(Cl)C(=O)C(Cl)Cl. The van der Waals surface area contributed by atoms with Gasteiger partial charge in [0.2, 0.25) is 6.29 Å². The number of halogens is 3. The Morgan fingerprint density at radius 1 is 1.33 bits per heavy atom. The van der Waals surface area contributed by atoms with Crippen LogP contribution in [0.15, 0.2) is 0 Å². The minimum atomic E-state index is -1.34. The molecule has 0 aliphatic rings. The summed E-state index contributed by atoms with van der Waals surface area (Å²) in [5, 5.41) is -1.34. The van der Waals surface area contributed by atoms with E-state index in [0.717, 1.165) is 0 Å². The van der Waals surface area contributed by atoms with E-state index in [0.29, 0.717) is 0 Å². The number of ketones is 1. The van der Waals surface area contributed by atoms with Gasteiger partial charge in [-0.3, -0.25) is 9.59 Å². The molecule has 0 aromatic heterocycles. The molecule has 51 valence electrons. The Morgan fingerprint density at radius 2 is 1.78 bits per heavy atom. The third-order valence-electron chi connectivity index (χ3n) is 0.568. The number of rotatable bonds is 3. The molecule has 2 nitrogen and oxygen atoms in total. The number of carbonyl (C=O) groups excluding carboxylic acids is 2. The van der Waals surface area contributed by atoms with Crippen molar-refractivity contribution >= 4 is 46.9 Å². The zero-order chi connectivity index (χ0) is 7.44. The predicted octanol–water partition coefficient (Wildman–Crippen LogP) is 1.08. The first-order chi connectivity index (χ1) is 4.09. The molecule has 0 rings (SSSR count). The van der Waals surface area contributed by atoms with Crippen LogP contribution in [0.4, 0.5) is 0 Å². The van der Waals surface area contributed by atoms with Crippen molar-refractivity contribution < 1.29 is 9.59 Å². The predicted molar refractivity (Wildman–Crippen MR) is 35.8 cm³/mol. The Bertz CT molecular complexity index is 123. The van der Waals surface area contributed by atoms with E-state index >= 15 is 0 Å². The Balaban J connectivity index is 3.87. The van der Waals surface area contributed by atoms with Crippen LogP contribution in [0.5, 0.6) is 0 Å². The standard InChI is InChI=1S/C4H2Cl3O2/c5-2(1-8)3(9)4(6)7/h2,4H. The maximum atomic E-state index is 10.4. The average Bonchev–Trinajstić information content (AvgIpc) is 1.84. The van der Waals surface area contributed by atoms with Crippen molar-refractivity contribution in [1.82, 2.24) is 0 Å². The maximum absolute atomic E-state index is 10.4. The Kier molecular flexibility index (Phi) is 4.19.